The Morgan fingerprint density at radius 1 is 1.67 bits per heavy atom. The maximum absolute atomic E-state index is 8.80. The van der Waals surface area contributed by atoms with Gasteiger partial charge in [-0.15, -0.1) is 0 Å². The smallest absolute Gasteiger partial charge is 0.157 e. The summed E-state index contributed by atoms with van der Waals surface area (Å²) in [6.45, 7) is 4.18. The fraction of sp³-hybridized carbons (Fsp3) is 0.556. The third-order valence-corrected chi connectivity index (χ3v) is 2.60. The summed E-state index contributed by atoms with van der Waals surface area (Å²) in [7, 11) is 0. The molecule has 0 saturated carbocycles. The molecule has 0 fully saturated rings. The van der Waals surface area contributed by atoms with Crippen molar-refractivity contribution in [1.82, 2.24) is 4.37 Å². The van der Waals surface area contributed by atoms with E-state index in [1.807, 2.05) is 13.0 Å². The van der Waals surface area contributed by atoms with Crippen LogP contribution in [0, 0.1) is 11.3 Å². The molecule has 82 valence electrons. The number of nitriles is 1. The lowest BCUT2D eigenvalue weighted by Gasteiger charge is -2.03. The highest BCUT2D eigenvalue weighted by atomic mass is 32.1. The van der Waals surface area contributed by atoms with Gasteiger partial charge in [-0.1, -0.05) is 0 Å². The monoisotopic (exact) mass is 226 g/mol. The summed E-state index contributed by atoms with van der Waals surface area (Å²) in [6.07, 6.45) is 0.899. The van der Waals surface area contributed by atoms with Crippen LogP contribution < -0.4 is 11.1 Å². The molecule has 0 bridgehead atoms. The maximum Gasteiger partial charge on any atom is 0.157 e. The van der Waals surface area contributed by atoms with Crippen LogP contribution in [0.5, 0.6) is 0 Å². The Kier molecular flexibility index (Phi) is 4.87. The van der Waals surface area contributed by atoms with Gasteiger partial charge in [-0.05, 0) is 24.9 Å². The van der Waals surface area contributed by atoms with Crippen molar-refractivity contribution in [3.05, 3.63) is 5.56 Å². The summed E-state index contributed by atoms with van der Waals surface area (Å²) in [4.78, 5) is 0. The van der Waals surface area contributed by atoms with E-state index in [2.05, 4.69) is 9.69 Å². The van der Waals surface area contributed by atoms with E-state index in [0.29, 0.717) is 11.4 Å². The van der Waals surface area contributed by atoms with Gasteiger partial charge in [-0.3, -0.25) is 0 Å². The minimum Gasteiger partial charge on any atom is -0.382 e. The molecular formula is C9H14N4OS. The van der Waals surface area contributed by atoms with Crippen molar-refractivity contribution in [2.75, 3.05) is 30.8 Å². The molecule has 1 heterocycles. The van der Waals surface area contributed by atoms with Gasteiger partial charge in [0.25, 0.3) is 0 Å². The molecule has 1 rings (SSSR count). The van der Waals surface area contributed by atoms with Crippen LogP contribution in [-0.2, 0) is 4.74 Å². The Morgan fingerprint density at radius 3 is 3.13 bits per heavy atom. The predicted octanol–water partition coefficient (Wildman–Crippen LogP) is 1.44. The molecule has 0 aromatic carbocycles. The summed E-state index contributed by atoms with van der Waals surface area (Å²) in [5.41, 5.74) is 5.96. The molecule has 0 saturated heterocycles. The van der Waals surface area contributed by atoms with E-state index in [4.69, 9.17) is 15.7 Å². The van der Waals surface area contributed by atoms with E-state index in [1.54, 1.807) is 0 Å². The van der Waals surface area contributed by atoms with Crippen LogP contribution in [0.15, 0.2) is 0 Å². The predicted molar refractivity (Wildman–Crippen MR) is 60.8 cm³/mol. The van der Waals surface area contributed by atoms with E-state index < -0.39 is 0 Å². The quantitative estimate of drug-likeness (QED) is 0.717. The number of nitrogens with one attached hydrogen (secondary N) is 1. The van der Waals surface area contributed by atoms with Crippen LogP contribution in [0.4, 0.5) is 10.8 Å². The Labute approximate surface area is 93.0 Å². The first-order chi connectivity index (χ1) is 7.29. The largest absolute Gasteiger partial charge is 0.382 e. The van der Waals surface area contributed by atoms with Gasteiger partial charge in [-0.25, -0.2) is 0 Å². The molecule has 0 spiro atoms. The molecule has 15 heavy (non-hydrogen) atoms. The summed E-state index contributed by atoms with van der Waals surface area (Å²) >= 11 is 1.22. The molecular weight excluding hydrogens is 212 g/mol. The molecule has 0 unspecified atom stereocenters. The molecule has 0 radical (unpaired) electrons. The maximum atomic E-state index is 8.80. The second kappa shape index (κ2) is 6.22. The van der Waals surface area contributed by atoms with Gasteiger partial charge < -0.3 is 15.8 Å². The lowest BCUT2D eigenvalue weighted by atomic mass is 10.3. The average Bonchev–Trinajstić information content (AvgIpc) is 2.59. The minimum atomic E-state index is 0.301. The van der Waals surface area contributed by atoms with Crippen molar-refractivity contribution in [3.63, 3.8) is 0 Å². The summed E-state index contributed by atoms with van der Waals surface area (Å²) in [5.74, 6) is 0.301. The van der Waals surface area contributed by atoms with E-state index in [1.165, 1.54) is 11.5 Å². The first kappa shape index (κ1) is 11.8. The van der Waals surface area contributed by atoms with Gasteiger partial charge in [0.2, 0.25) is 0 Å². The van der Waals surface area contributed by atoms with Crippen LogP contribution >= 0.6 is 11.5 Å². The molecule has 1 aromatic heterocycles. The Hall–Kier alpha value is -1.32. The van der Waals surface area contributed by atoms with Crippen LogP contribution in [0.3, 0.4) is 0 Å². The number of hydrogen-bond acceptors (Lipinski definition) is 6. The molecule has 3 N–H and O–H groups in total. The van der Waals surface area contributed by atoms with Crippen LogP contribution in [-0.4, -0.2) is 24.1 Å². The van der Waals surface area contributed by atoms with Gasteiger partial charge in [0.15, 0.2) is 5.82 Å². The highest BCUT2D eigenvalue weighted by Gasteiger charge is 2.09. The van der Waals surface area contributed by atoms with Gasteiger partial charge in [0.05, 0.1) is 0 Å². The summed E-state index contributed by atoms with van der Waals surface area (Å²) in [5, 5.41) is 12.7. The fourth-order valence-corrected chi connectivity index (χ4v) is 1.74. The van der Waals surface area contributed by atoms with Crippen LogP contribution in [0.2, 0.25) is 0 Å². The normalized spacial score (nSPS) is 9.87. The first-order valence-corrected chi connectivity index (χ1v) is 5.53. The van der Waals surface area contributed by atoms with E-state index >= 15 is 0 Å². The van der Waals surface area contributed by atoms with E-state index in [0.717, 1.165) is 31.2 Å². The Morgan fingerprint density at radius 2 is 2.47 bits per heavy atom. The first-order valence-electron chi connectivity index (χ1n) is 4.76. The molecule has 6 heteroatoms. The number of nitrogen functional groups attached to an aromatic ring is 1. The van der Waals surface area contributed by atoms with Gasteiger partial charge in [0.1, 0.15) is 16.6 Å². The van der Waals surface area contributed by atoms with Crippen molar-refractivity contribution in [1.29, 1.82) is 5.26 Å². The number of nitrogens with two attached hydrogens (primary N) is 1. The van der Waals surface area contributed by atoms with Gasteiger partial charge >= 0.3 is 0 Å². The summed E-state index contributed by atoms with van der Waals surface area (Å²) in [6, 6.07) is 2.03. The molecule has 0 aliphatic carbocycles. The number of rotatable bonds is 6. The van der Waals surface area contributed by atoms with Gasteiger partial charge in [0, 0.05) is 19.8 Å². The molecule has 0 aliphatic rings. The standard InChI is InChI=1S/C9H14N4OS/c1-2-14-5-3-4-12-9-7(6-10)8(11)13-15-9/h12H,2-5H2,1H3,(H2,11,13). The van der Waals surface area contributed by atoms with Crippen LogP contribution in [0.25, 0.3) is 0 Å². The zero-order valence-electron chi connectivity index (χ0n) is 8.62. The molecule has 1 aromatic rings. The number of aromatic nitrogens is 1. The Balaban J connectivity index is 2.35. The van der Waals surface area contributed by atoms with Gasteiger partial charge in [-0.2, -0.15) is 9.64 Å². The van der Waals surface area contributed by atoms with Crippen molar-refractivity contribution >= 4 is 22.4 Å². The second-order valence-electron chi connectivity index (χ2n) is 2.86. The third-order valence-electron chi connectivity index (χ3n) is 1.79. The van der Waals surface area contributed by atoms with Crippen molar-refractivity contribution in [2.24, 2.45) is 0 Å². The third kappa shape index (κ3) is 3.38. The topological polar surface area (TPSA) is 84.0 Å². The highest BCUT2D eigenvalue weighted by molar-refractivity contribution is 7.10. The summed E-state index contributed by atoms with van der Waals surface area (Å²) < 4.78 is 9.10. The zero-order valence-corrected chi connectivity index (χ0v) is 9.43. The number of anilines is 2. The fourth-order valence-electron chi connectivity index (χ4n) is 1.05. The second-order valence-corrected chi connectivity index (χ2v) is 3.63. The SMILES string of the molecule is CCOCCCNc1snc(N)c1C#N. The molecule has 0 amide bonds. The Bertz CT molecular complexity index is 344. The van der Waals surface area contributed by atoms with Crippen molar-refractivity contribution < 1.29 is 4.74 Å². The number of nitrogens with zero attached hydrogens (tertiary/aromatic N) is 2. The lowest BCUT2D eigenvalue weighted by molar-refractivity contribution is 0.147. The molecule has 5 nitrogen and oxygen atoms in total. The van der Waals surface area contributed by atoms with E-state index in [9.17, 15) is 0 Å². The zero-order chi connectivity index (χ0) is 11.1. The highest BCUT2D eigenvalue weighted by Crippen LogP contribution is 2.25. The van der Waals surface area contributed by atoms with Crippen LogP contribution in [0.1, 0.15) is 18.9 Å². The van der Waals surface area contributed by atoms with E-state index in [-0.39, 0.29) is 0 Å². The minimum absolute atomic E-state index is 0.301. The lowest BCUT2D eigenvalue weighted by Crippen LogP contribution is -2.05. The average molecular weight is 226 g/mol. The molecule has 0 atom stereocenters. The molecule has 0 aliphatic heterocycles. The number of ether oxygens (including phenoxy) is 1. The van der Waals surface area contributed by atoms with Crippen molar-refractivity contribution in [3.8, 4) is 6.07 Å². The van der Waals surface area contributed by atoms with Crippen molar-refractivity contribution in [2.45, 2.75) is 13.3 Å². The number of hydrogen-bond donors (Lipinski definition) is 2.